The molecule has 0 aliphatic carbocycles. The maximum absolute atomic E-state index is 12.4. The number of hydrogen-bond acceptors (Lipinski definition) is 6. The largest absolute Gasteiger partial charge is 0.478 e. The lowest BCUT2D eigenvalue weighted by atomic mass is 10.2. The number of benzene rings is 3. The van der Waals surface area contributed by atoms with Gasteiger partial charge in [0.2, 0.25) is 0 Å². The average Bonchev–Trinajstić information content (AvgIpc) is 3.23. The number of thiazole rings is 1. The highest BCUT2D eigenvalue weighted by Gasteiger charge is 2.11. The summed E-state index contributed by atoms with van der Waals surface area (Å²) in [6.45, 7) is 2.05. The summed E-state index contributed by atoms with van der Waals surface area (Å²) in [4.78, 5) is 28.1. The van der Waals surface area contributed by atoms with Crippen molar-refractivity contribution in [3.05, 3.63) is 89.6 Å². The number of carboxylic acid groups (broad SMARTS) is 1. The number of hydrogen-bond donors (Lipinski definition) is 3. The van der Waals surface area contributed by atoms with Gasteiger partial charge in [0.25, 0.3) is 5.91 Å². The van der Waals surface area contributed by atoms with Crippen LogP contribution < -0.4 is 10.6 Å². The molecule has 0 saturated carbocycles. The fraction of sp³-hybridized carbons (Fsp3) is 0.0400. The van der Waals surface area contributed by atoms with Gasteiger partial charge < -0.3 is 15.7 Å². The van der Waals surface area contributed by atoms with E-state index < -0.39 is 11.9 Å². The Labute approximate surface area is 193 Å². The molecule has 0 saturated heterocycles. The first-order valence-electron chi connectivity index (χ1n) is 9.92. The summed E-state index contributed by atoms with van der Waals surface area (Å²) in [6, 6.07) is 21.3. The Hall–Kier alpha value is -4.48. The Kier molecular flexibility index (Phi) is 6.15. The first kappa shape index (κ1) is 21.7. The second-order valence-corrected chi connectivity index (χ2v) is 8.25. The highest BCUT2D eigenvalue weighted by atomic mass is 32.1. The molecule has 3 N–H and O–H groups in total. The Morgan fingerprint density at radius 2 is 1.85 bits per heavy atom. The molecule has 0 bridgehead atoms. The van der Waals surface area contributed by atoms with E-state index in [-0.39, 0.29) is 16.8 Å². The van der Waals surface area contributed by atoms with E-state index in [2.05, 4.69) is 28.6 Å². The Balaban J connectivity index is 1.45. The Morgan fingerprint density at radius 1 is 1.06 bits per heavy atom. The van der Waals surface area contributed by atoms with E-state index in [0.29, 0.717) is 5.69 Å². The molecule has 0 fully saturated rings. The van der Waals surface area contributed by atoms with Crippen LogP contribution in [0.15, 0.2) is 78.5 Å². The summed E-state index contributed by atoms with van der Waals surface area (Å²) in [6.07, 6.45) is 1.31. The number of aromatic nitrogens is 1. The van der Waals surface area contributed by atoms with Gasteiger partial charge in [-0.25, -0.2) is 9.78 Å². The van der Waals surface area contributed by atoms with E-state index in [0.717, 1.165) is 20.8 Å². The molecule has 7 nitrogen and oxygen atoms in total. The van der Waals surface area contributed by atoms with E-state index >= 15 is 0 Å². The lowest BCUT2D eigenvalue weighted by Crippen LogP contribution is -2.15. The zero-order valence-corrected chi connectivity index (χ0v) is 18.3. The van der Waals surface area contributed by atoms with Gasteiger partial charge in [0.15, 0.2) is 0 Å². The summed E-state index contributed by atoms with van der Waals surface area (Å²) in [5.74, 6) is -1.75. The van der Waals surface area contributed by atoms with Crippen LogP contribution in [0, 0.1) is 18.3 Å². The first-order valence-corrected chi connectivity index (χ1v) is 10.7. The van der Waals surface area contributed by atoms with Crippen LogP contribution in [0.4, 0.5) is 11.4 Å². The molecule has 4 aromatic rings. The number of carbonyl (C=O) groups is 2. The highest BCUT2D eigenvalue weighted by Crippen LogP contribution is 2.31. The molecular weight excluding hydrogens is 436 g/mol. The van der Waals surface area contributed by atoms with Gasteiger partial charge in [0.1, 0.15) is 16.6 Å². The van der Waals surface area contributed by atoms with Crippen molar-refractivity contribution in [2.24, 2.45) is 0 Å². The average molecular weight is 455 g/mol. The smallest absolute Gasteiger partial charge is 0.335 e. The van der Waals surface area contributed by atoms with Crippen molar-refractivity contribution in [3.8, 4) is 16.6 Å². The molecule has 0 atom stereocenters. The molecule has 1 aromatic heterocycles. The molecule has 0 spiro atoms. The summed E-state index contributed by atoms with van der Waals surface area (Å²) >= 11 is 1.62. The molecule has 0 unspecified atom stereocenters. The van der Waals surface area contributed by atoms with Crippen molar-refractivity contribution < 1.29 is 14.7 Å². The number of carboxylic acids is 1. The van der Waals surface area contributed by atoms with Gasteiger partial charge >= 0.3 is 5.97 Å². The zero-order chi connectivity index (χ0) is 23.4. The maximum Gasteiger partial charge on any atom is 0.335 e. The number of aromatic carboxylic acids is 1. The number of nitrogens with one attached hydrogen (secondary N) is 2. The molecule has 0 aliphatic heterocycles. The molecule has 33 heavy (non-hydrogen) atoms. The molecule has 0 radical (unpaired) electrons. The molecule has 1 heterocycles. The summed E-state index contributed by atoms with van der Waals surface area (Å²) in [5, 5.41) is 24.8. The fourth-order valence-corrected chi connectivity index (χ4v) is 4.17. The van der Waals surface area contributed by atoms with Gasteiger partial charge in [-0.2, -0.15) is 5.26 Å². The number of fused-ring (bicyclic) bond motifs is 1. The minimum Gasteiger partial charge on any atom is -0.478 e. The zero-order valence-electron chi connectivity index (χ0n) is 17.5. The summed E-state index contributed by atoms with van der Waals surface area (Å²) in [7, 11) is 0. The Morgan fingerprint density at radius 3 is 2.58 bits per heavy atom. The predicted molar refractivity (Wildman–Crippen MR) is 129 cm³/mol. The molecular formula is C25H18N4O3S. The van der Waals surface area contributed by atoms with E-state index in [4.69, 9.17) is 5.11 Å². The minimum atomic E-state index is -1.10. The first-order chi connectivity index (χ1) is 15.9. The van der Waals surface area contributed by atoms with Gasteiger partial charge in [0.05, 0.1) is 15.8 Å². The third-order valence-corrected chi connectivity index (χ3v) is 5.86. The van der Waals surface area contributed by atoms with Crippen LogP contribution in [0.1, 0.15) is 15.9 Å². The number of nitrogens with zero attached hydrogens (tertiary/aromatic N) is 2. The van der Waals surface area contributed by atoms with Gasteiger partial charge in [-0.3, -0.25) is 4.79 Å². The summed E-state index contributed by atoms with van der Waals surface area (Å²) < 4.78 is 1.13. The van der Waals surface area contributed by atoms with Crippen LogP contribution in [-0.2, 0) is 4.79 Å². The molecule has 162 valence electrons. The molecule has 8 heteroatoms. The second-order valence-electron chi connectivity index (χ2n) is 7.22. The molecule has 4 rings (SSSR count). The SMILES string of the molecule is Cc1ccc2nc(-c3ccc(N/C=C(/C#N)C(=O)Nc4cccc(C(=O)O)c4)cc3)sc2c1. The van der Waals surface area contributed by atoms with E-state index in [1.807, 2.05) is 42.5 Å². The van der Waals surface area contributed by atoms with Crippen LogP contribution in [-0.4, -0.2) is 22.0 Å². The lowest BCUT2D eigenvalue weighted by molar-refractivity contribution is -0.112. The van der Waals surface area contributed by atoms with Crippen LogP contribution in [0.3, 0.4) is 0 Å². The topological polar surface area (TPSA) is 115 Å². The van der Waals surface area contributed by atoms with Gasteiger partial charge in [-0.15, -0.1) is 11.3 Å². The number of carbonyl (C=O) groups excluding carboxylic acids is 1. The predicted octanol–water partition coefficient (Wildman–Crippen LogP) is 5.43. The monoisotopic (exact) mass is 454 g/mol. The van der Waals surface area contributed by atoms with E-state index in [1.54, 1.807) is 17.4 Å². The van der Waals surface area contributed by atoms with E-state index in [9.17, 15) is 14.9 Å². The van der Waals surface area contributed by atoms with Crippen molar-refractivity contribution >= 4 is 44.8 Å². The van der Waals surface area contributed by atoms with Crippen LogP contribution in [0.25, 0.3) is 20.8 Å². The minimum absolute atomic E-state index is 0.0387. The fourth-order valence-electron chi connectivity index (χ4n) is 3.10. The van der Waals surface area contributed by atoms with Crippen LogP contribution in [0.2, 0.25) is 0 Å². The maximum atomic E-state index is 12.4. The third-order valence-electron chi connectivity index (χ3n) is 4.79. The molecule has 0 aliphatic rings. The standard InChI is InChI=1S/C25H18N4O3S/c1-15-5-10-21-22(11-15)33-24(29-21)16-6-8-19(9-7-16)27-14-18(13-26)23(30)28-20-4-2-3-17(12-20)25(31)32/h2-12,14,27H,1H3,(H,28,30)(H,31,32)/b18-14-. The number of rotatable bonds is 6. The van der Waals surface area contributed by atoms with Crippen molar-refractivity contribution in [1.29, 1.82) is 5.26 Å². The van der Waals surface area contributed by atoms with Crippen molar-refractivity contribution in [2.45, 2.75) is 6.92 Å². The van der Waals surface area contributed by atoms with Crippen LogP contribution in [0.5, 0.6) is 0 Å². The molecule has 3 aromatic carbocycles. The van der Waals surface area contributed by atoms with Gasteiger partial charge in [0, 0.05) is 23.1 Å². The quantitative estimate of drug-likeness (QED) is 0.264. The summed E-state index contributed by atoms with van der Waals surface area (Å²) in [5.41, 5.74) is 4.00. The van der Waals surface area contributed by atoms with Gasteiger partial charge in [-0.05, 0) is 67.1 Å². The number of anilines is 2. The third kappa shape index (κ3) is 5.06. The lowest BCUT2D eigenvalue weighted by Gasteiger charge is -2.06. The highest BCUT2D eigenvalue weighted by molar-refractivity contribution is 7.21. The normalized spacial score (nSPS) is 11.1. The van der Waals surface area contributed by atoms with Crippen molar-refractivity contribution in [1.82, 2.24) is 4.98 Å². The number of amides is 1. The van der Waals surface area contributed by atoms with Gasteiger partial charge in [-0.1, -0.05) is 12.1 Å². The van der Waals surface area contributed by atoms with Crippen LogP contribution >= 0.6 is 11.3 Å². The van der Waals surface area contributed by atoms with E-state index in [1.165, 1.54) is 30.0 Å². The second kappa shape index (κ2) is 9.34. The Bertz CT molecular complexity index is 1430. The van der Waals surface area contributed by atoms with Crippen molar-refractivity contribution in [2.75, 3.05) is 10.6 Å². The van der Waals surface area contributed by atoms with Crippen molar-refractivity contribution in [3.63, 3.8) is 0 Å². The number of aryl methyl sites for hydroxylation is 1. The molecule has 1 amide bonds. The number of nitriles is 1.